The lowest BCUT2D eigenvalue weighted by atomic mass is 10.1. The molecule has 0 spiro atoms. The van der Waals surface area contributed by atoms with Crippen molar-refractivity contribution < 1.29 is 9.21 Å². The molecule has 1 atom stereocenters. The second-order valence-corrected chi connectivity index (χ2v) is 3.90. The molecule has 2 heterocycles. The smallest absolute Gasteiger partial charge is 0.335 e. The third-order valence-electron chi connectivity index (χ3n) is 2.71. The van der Waals surface area contributed by atoms with Gasteiger partial charge in [-0.3, -0.25) is 4.79 Å². The van der Waals surface area contributed by atoms with Gasteiger partial charge in [0.2, 0.25) is 0 Å². The SMILES string of the molecule is CC1CNCCN1C(=O)c1ccc(=O)oc1. The molecule has 86 valence electrons. The van der Waals surface area contributed by atoms with Crippen LogP contribution in [0.5, 0.6) is 0 Å². The molecule has 1 fully saturated rings. The summed E-state index contributed by atoms with van der Waals surface area (Å²) in [5.74, 6) is -0.0854. The zero-order valence-electron chi connectivity index (χ0n) is 9.10. The molecule has 5 heteroatoms. The van der Waals surface area contributed by atoms with Crippen LogP contribution in [0.25, 0.3) is 0 Å². The van der Waals surface area contributed by atoms with Crippen molar-refractivity contribution in [2.75, 3.05) is 19.6 Å². The molecule has 1 aliphatic heterocycles. The van der Waals surface area contributed by atoms with Gasteiger partial charge in [0.15, 0.2) is 0 Å². The summed E-state index contributed by atoms with van der Waals surface area (Å²) in [6.45, 7) is 4.26. The van der Waals surface area contributed by atoms with Gasteiger partial charge in [-0.05, 0) is 13.0 Å². The maximum atomic E-state index is 12.1. The van der Waals surface area contributed by atoms with Crippen molar-refractivity contribution in [2.45, 2.75) is 13.0 Å². The average molecular weight is 222 g/mol. The van der Waals surface area contributed by atoms with Crippen LogP contribution in [0.2, 0.25) is 0 Å². The molecule has 0 bridgehead atoms. The van der Waals surface area contributed by atoms with Gasteiger partial charge in [0.1, 0.15) is 6.26 Å². The highest BCUT2D eigenvalue weighted by atomic mass is 16.4. The Morgan fingerprint density at radius 3 is 3.00 bits per heavy atom. The quantitative estimate of drug-likeness (QED) is 0.730. The fourth-order valence-corrected chi connectivity index (χ4v) is 1.79. The maximum Gasteiger partial charge on any atom is 0.335 e. The second-order valence-electron chi connectivity index (χ2n) is 3.90. The minimum Gasteiger partial charge on any atom is -0.430 e. The van der Waals surface area contributed by atoms with E-state index in [1.807, 2.05) is 6.92 Å². The Hall–Kier alpha value is -1.62. The summed E-state index contributed by atoms with van der Waals surface area (Å²) in [5, 5.41) is 3.21. The molecule has 0 saturated carbocycles. The van der Waals surface area contributed by atoms with Gasteiger partial charge in [0, 0.05) is 31.7 Å². The summed E-state index contributed by atoms with van der Waals surface area (Å²) in [4.78, 5) is 24.6. The first-order valence-electron chi connectivity index (χ1n) is 5.29. The number of amides is 1. The van der Waals surface area contributed by atoms with E-state index in [0.717, 1.165) is 13.1 Å². The van der Waals surface area contributed by atoms with Crippen LogP contribution in [-0.2, 0) is 0 Å². The first-order valence-corrected chi connectivity index (χ1v) is 5.29. The average Bonchev–Trinajstić information content (AvgIpc) is 2.30. The van der Waals surface area contributed by atoms with E-state index in [9.17, 15) is 9.59 Å². The first kappa shape index (κ1) is 10.9. The Labute approximate surface area is 93.1 Å². The van der Waals surface area contributed by atoms with Crippen molar-refractivity contribution in [1.29, 1.82) is 0 Å². The van der Waals surface area contributed by atoms with Crippen molar-refractivity contribution >= 4 is 5.91 Å². The van der Waals surface area contributed by atoms with Crippen LogP contribution in [0, 0.1) is 0 Å². The molecule has 2 rings (SSSR count). The highest BCUT2D eigenvalue weighted by Crippen LogP contribution is 2.08. The van der Waals surface area contributed by atoms with Gasteiger partial charge in [-0.2, -0.15) is 0 Å². The molecule has 0 aromatic carbocycles. The third-order valence-corrected chi connectivity index (χ3v) is 2.71. The fourth-order valence-electron chi connectivity index (χ4n) is 1.79. The topological polar surface area (TPSA) is 62.6 Å². The van der Waals surface area contributed by atoms with Crippen LogP contribution in [0.3, 0.4) is 0 Å². The molecule has 16 heavy (non-hydrogen) atoms. The Morgan fingerprint density at radius 2 is 2.38 bits per heavy atom. The Balaban J connectivity index is 2.17. The third kappa shape index (κ3) is 2.14. The first-order chi connectivity index (χ1) is 7.68. The molecule has 1 aromatic heterocycles. The predicted octanol–water partition coefficient (Wildman–Crippen LogP) is 0.0737. The van der Waals surface area contributed by atoms with Gasteiger partial charge < -0.3 is 14.6 Å². The number of rotatable bonds is 1. The van der Waals surface area contributed by atoms with Gasteiger partial charge in [0.25, 0.3) is 5.91 Å². The lowest BCUT2D eigenvalue weighted by molar-refractivity contribution is 0.0653. The van der Waals surface area contributed by atoms with E-state index in [-0.39, 0.29) is 11.9 Å². The highest BCUT2D eigenvalue weighted by Gasteiger charge is 2.24. The van der Waals surface area contributed by atoms with Gasteiger partial charge in [-0.25, -0.2) is 4.79 Å². The Bertz CT molecular complexity index is 421. The molecule has 0 aliphatic carbocycles. The summed E-state index contributed by atoms with van der Waals surface area (Å²) in [5.41, 5.74) is -0.0155. The minimum atomic E-state index is -0.440. The predicted molar refractivity (Wildman–Crippen MR) is 58.3 cm³/mol. The molecule has 1 amide bonds. The molecule has 1 saturated heterocycles. The van der Waals surface area contributed by atoms with Crippen LogP contribution >= 0.6 is 0 Å². The molecular weight excluding hydrogens is 208 g/mol. The summed E-state index contributed by atoms with van der Waals surface area (Å²) < 4.78 is 4.69. The Morgan fingerprint density at radius 1 is 1.56 bits per heavy atom. The van der Waals surface area contributed by atoms with E-state index < -0.39 is 5.63 Å². The number of nitrogens with zero attached hydrogens (tertiary/aromatic N) is 1. The highest BCUT2D eigenvalue weighted by molar-refractivity contribution is 5.94. The lowest BCUT2D eigenvalue weighted by Gasteiger charge is -2.33. The summed E-state index contributed by atoms with van der Waals surface area (Å²) in [6.07, 6.45) is 1.22. The molecule has 1 unspecified atom stereocenters. The van der Waals surface area contributed by atoms with Crippen molar-refractivity contribution in [1.82, 2.24) is 10.2 Å². The molecule has 1 aromatic rings. The van der Waals surface area contributed by atoms with E-state index >= 15 is 0 Å². The summed E-state index contributed by atoms with van der Waals surface area (Å²) >= 11 is 0. The van der Waals surface area contributed by atoms with E-state index in [4.69, 9.17) is 0 Å². The van der Waals surface area contributed by atoms with Gasteiger partial charge in [0.05, 0.1) is 5.56 Å². The van der Waals surface area contributed by atoms with Crippen LogP contribution in [0.1, 0.15) is 17.3 Å². The molecule has 5 nitrogen and oxygen atoms in total. The standard InChI is InChI=1S/C11H14N2O3/c1-8-6-12-4-5-13(8)11(15)9-2-3-10(14)16-7-9/h2-3,7-8,12H,4-6H2,1H3. The number of piperazine rings is 1. The van der Waals surface area contributed by atoms with E-state index in [1.54, 1.807) is 4.90 Å². The fraction of sp³-hybridized carbons (Fsp3) is 0.455. The number of carbonyl (C=O) groups excluding carboxylic acids is 1. The molecule has 1 N–H and O–H groups in total. The van der Waals surface area contributed by atoms with Crippen molar-refractivity contribution in [3.8, 4) is 0 Å². The van der Waals surface area contributed by atoms with E-state index in [1.165, 1.54) is 18.4 Å². The van der Waals surface area contributed by atoms with Crippen LogP contribution in [-0.4, -0.2) is 36.5 Å². The Kier molecular flexibility index (Phi) is 3.05. The maximum absolute atomic E-state index is 12.1. The van der Waals surface area contributed by atoms with Gasteiger partial charge >= 0.3 is 5.63 Å². The zero-order chi connectivity index (χ0) is 11.5. The van der Waals surface area contributed by atoms with E-state index in [2.05, 4.69) is 9.73 Å². The zero-order valence-corrected chi connectivity index (χ0v) is 9.10. The number of carbonyl (C=O) groups is 1. The van der Waals surface area contributed by atoms with Crippen LogP contribution in [0.15, 0.2) is 27.6 Å². The molecule has 1 aliphatic rings. The van der Waals surface area contributed by atoms with Crippen molar-refractivity contribution in [3.05, 3.63) is 34.4 Å². The molecule has 0 radical (unpaired) electrons. The largest absolute Gasteiger partial charge is 0.430 e. The van der Waals surface area contributed by atoms with E-state index in [0.29, 0.717) is 12.1 Å². The number of hydrogen-bond donors (Lipinski definition) is 1. The summed E-state index contributed by atoms with van der Waals surface area (Å²) in [6, 6.07) is 2.93. The monoisotopic (exact) mass is 222 g/mol. The molecular formula is C11H14N2O3. The summed E-state index contributed by atoms with van der Waals surface area (Å²) in [7, 11) is 0. The van der Waals surface area contributed by atoms with Gasteiger partial charge in [-0.1, -0.05) is 0 Å². The van der Waals surface area contributed by atoms with Crippen molar-refractivity contribution in [3.63, 3.8) is 0 Å². The van der Waals surface area contributed by atoms with Crippen LogP contribution in [0.4, 0.5) is 0 Å². The number of nitrogens with one attached hydrogen (secondary N) is 1. The van der Waals surface area contributed by atoms with Gasteiger partial charge in [-0.15, -0.1) is 0 Å². The number of hydrogen-bond acceptors (Lipinski definition) is 4. The lowest BCUT2D eigenvalue weighted by Crippen LogP contribution is -2.52. The minimum absolute atomic E-state index is 0.0854. The van der Waals surface area contributed by atoms with Crippen molar-refractivity contribution in [2.24, 2.45) is 0 Å². The normalized spacial score (nSPS) is 20.8. The van der Waals surface area contributed by atoms with Crippen LogP contribution < -0.4 is 10.9 Å². The second kappa shape index (κ2) is 4.49.